The summed E-state index contributed by atoms with van der Waals surface area (Å²) in [5.74, 6) is -0.183. The Kier molecular flexibility index (Phi) is 5.92. The lowest BCUT2D eigenvalue weighted by molar-refractivity contribution is -0.147. The van der Waals surface area contributed by atoms with Crippen LogP contribution in [0.1, 0.15) is 33.1 Å². The van der Waals surface area contributed by atoms with E-state index in [1.165, 1.54) is 20.0 Å². The molecule has 17 heavy (non-hydrogen) atoms. The van der Waals surface area contributed by atoms with Gasteiger partial charge in [-0.2, -0.15) is 0 Å². The van der Waals surface area contributed by atoms with E-state index in [-0.39, 0.29) is 17.9 Å². The van der Waals surface area contributed by atoms with Crippen LogP contribution in [0, 0.1) is 5.92 Å². The standard InChI is InChI=1S/C13H26N2O2/c1-10(13(16)17-4)11(2)15(3)12-6-5-8-14-9-7-12/h10-12,14H,5-9H2,1-4H3. The number of carbonyl (C=O) groups excluding carboxylic acids is 1. The summed E-state index contributed by atoms with van der Waals surface area (Å²) in [6.45, 7) is 6.25. The monoisotopic (exact) mass is 242 g/mol. The molecule has 1 fully saturated rings. The van der Waals surface area contributed by atoms with Crippen molar-refractivity contribution in [3.05, 3.63) is 0 Å². The molecule has 0 radical (unpaired) electrons. The summed E-state index contributed by atoms with van der Waals surface area (Å²) in [7, 11) is 3.58. The van der Waals surface area contributed by atoms with Crippen LogP contribution >= 0.6 is 0 Å². The van der Waals surface area contributed by atoms with Crippen molar-refractivity contribution in [3.63, 3.8) is 0 Å². The lowest BCUT2D eigenvalue weighted by atomic mass is 9.98. The van der Waals surface area contributed by atoms with Gasteiger partial charge in [-0.25, -0.2) is 0 Å². The number of ether oxygens (including phenoxy) is 1. The molecule has 0 bridgehead atoms. The van der Waals surface area contributed by atoms with Crippen molar-refractivity contribution < 1.29 is 9.53 Å². The fraction of sp³-hybridized carbons (Fsp3) is 0.923. The van der Waals surface area contributed by atoms with Crippen LogP contribution < -0.4 is 5.32 Å². The Labute approximate surface area is 105 Å². The molecule has 0 saturated carbocycles. The highest BCUT2D eigenvalue weighted by molar-refractivity contribution is 5.72. The molecule has 1 rings (SSSR count). The lowest BCUT2D eigenvalue weighted by Crippen LogP contribution is -2.44. The molecule has 100 valence electrons. The molecule has 1 heterocycles. The molecule has 1 N–H and O–H groups in total. The van der Waals surface area contributed by atoms with Crippen LogP contribution in [0.15, 0.2) is 0 Å². The number of esters is 1. The summed E-state index contributed by atoms with van der Waals surface area (Å²) in [5.41, 5.74) is 0. The van der Waals surface area contributed by atoms with Crippen molar-refractivity contribution in [2.75, 3.05) is 27.2 Å². The molecule has 4 heteroatoms. The maximum absolute atomic E-state index is 11.5. The van der Waals surface area contributed by atoms with Gasteiger partial charge in [0.1, 0.15) is 0 Å². The number of nitrogens with one attached hydrogen (secondary N) is 1. The van der Waals surface area contributed by atoms with Gasteiger partial charge in [-0.1, -0.05) is 6.92 Å². The molecule has 0 aromatic rings. The zero-order valence-electron chi connectivity index (χ0n) is 11.5. The van der Waals surface area contributed by atoms with Crippen LogP contribution in [0.3, 0.4) is 0 Å². The number of hydrogen-bond acceptors (Lipinski definition) is 4. The van der Waals surface area contributed by atoms with E-state index < -0.39 is 0 Å². The van der Waals surface area contributed by atoms with E-state index in [1.54, 1.807) is 0 Å². The maximum Gasteiger partial charge on any atom is 0.309 e. The summed E-state index contributed by atoms with van der Waals surface area (Å²) in [4.78, 5) is 13.9. The summed E-state index contributed by atoms with van der Waals surface area (Å²) >= 11 is 0. The van der Waals surface area contributed by atoms with Gasteiger partial charge in [-0.05, 0) is 46.3 Å². The molecule has 3 unspecified atom stereocenters. The minimum absolute atomic E-state index is 0.0683. The van der Waals surface area contributed by atoms with Crippen LogP contribution in [0.25, 0.3) is 0 Å². The van der Waals surface area contributed by atoms with E-state index in [0.29, 0.717) is 6.04 Å². The van der Waals surface area contributed by atoms with E-state index in [9.17, 15) is 4.79 Å². The molecule has 0 aromatic heterocycles. The molecule has 3 atom stereocenters. The second-order valence-corrected chi connectivity index (χ2v) is 5.05. The number of methoxy groups -OCH3 is 1. The number of nitrogens with zero attached hydrogens (tertiary/aromatic N) is 1. The molecule has 0 aliphatic carbocycles. The molecular formula is C13H26N2O2. The smallest absolute Gasteiger partial charge is 0.309 e. The second kappa shape index (κ2) is 6.97. The van der Waals surface area contributed by atoms with Crippen LogP contribution in [-0.2, 0) is 9.53 Å². The molecule has 0 spiro atoms. The fourth-order valence-electron chi connectivity index (χ4n) is 2.48. The van der Waals surface area contributed by atoms with Gasteiger partial charge in [-0.3, -0.25) is 9.69 Å². The molecule has 1 aliphatic heterocycles. The summed E-state index contributed by atoms with van der Waals surface area (Å²) in [6.07, 6.45) is 3.59. The summed E-state index contributed by atoms with van der Waals surface area (Å²) < 4.78 is 4.82. The normalized spacial score (nSPS) is 25.1. The van der Waals surface area contributed by atoms with Crippen LogP contribution in [0.2, 0.25) is 0 Å². The highest BCUT2D eigenvalue weighted by Gasteiger charge is 2.28. The van der Waals surface area contributed by atoms with Crippen molar-refractivity contribution in [2.45, 2.75) is 45.2 Å². The largest absolute Gasteiger partial charge is 0.469 e. The van der Waals surface area contributed by atoms with Gasteiger partial charge in [0.2, 0.25) is 0 Å². The molecule has 1 saturated heterocycles. The first-order chi connectivity index (χ1) is 8.07. The van der Waals surface area contributed by atoms with Gasteiger partial charge in [0.05, 0.1) is 13.0 Å². The maximum atomic E-state index is 11.5. The molecule has 0 aromatic carbocycles. The Morgan fingerprint density at radius 3 is 2.71 bits per heavy atom. The minimum Gasteiger partial charge on any atom is -0.469 e. The van der Waals surface area contributed by atoms with Crippen molar-refractivity contribution >= 4 is 5.97 Å². The van der Waals surface area contributed by atoms with Crippen molar-refractivity contribution in [1.29, 1.82) is 0 Å². The van der Waals surface area contributed by atoms with Crippen molar-refractivity contribution in [1.82, 2.24) is 10.2 Å². The minimum atomic E-state index is -0.115. The SMILES string of the molecule is COC(=O)C(C)C(C)N(C)C1CCCNCC1. The first-order valence-corrected chi connectivity index (χ1v) is 6.58. The fourth-order valence-corrected chi connectivity index (χ4v) is 2.48. The zero-order chi connectivity index (χ0) is 12.8. The predicted octanol–water partition coefficient (Wildman–Crippen LogP) is 1.26. The average Bonchev–Trinajstić information content (AvgIpc) is 2.63. The highest BCUT2D eigenvalue weighted by atomic mass is 16.5. The molecular weight excluding hydrogens is 216 g/mol. The third kappa shape index (κ3) is 3.96. The molecule has 0 amide bonds. The topological polar surface area (TPSA) is 41.6 Å². The summed E-state index contributed by atoms with van der Waals surface area (Å²) in [6, 6.07) is 0.803. The van der Waals surface area contributed by atoms with Gasteiger partial charge < -0.3 is 10.1 Å². The molecule has 4 nitrogen and oxygen atoms in total. The second-order valence-electron chi connectivity index (χ2n) is 5.05. The Bertz CT molecular complexity index is 238. The predicted molar refractivity (Wildman–Crippen MR) is 68.9 cm³/mol. The number of rotatable bonds is 4. The van der Waals surface area contributed by atoms with Gasteiger partial charge in [0.25, 0.3) is 0 Å². The van der Waals surface area contributed by atoms with Crippen LogP contribution in [0.4, 0.5) is 0 Å². The van der Waals surface area contributed by atoms with E-state index in [4.69, 9.17) is 4.74 Å². The van der Waals surface area contributed by atoms with Gasteiger partial charge in [0, 0.05) is 12.1 Å². The first kappa shape index (κ1) is 14.5. The van der Waals surface area contributed by atoms with E-state index in [0.717, 1.165) is 19.5 Å². The van der Waals surface area contributed by atoms with E-state index >= 15 is 0 Å². The van der Waals surface area contributed by atoms with Gasteiger partial charge in [0.15, 0.2) is 0 Å². The van der Waals surface area contributed by atoms with Crippen molar-refractivity contribution in [3.8, 4) is 0 Å². The Morgan fingerprint density at radius 2 is 2.06 bits per heavy atom. The Hall–Kier alpha value is -0.610. The summed E-state index contributed by atoms with van der Waals surface area (Å²) in [5, 5.41) is 3.42. The third-order valence-corrected chi connectivity index (χ3v) is 4.06. The number of hydrogen-bond donors (Lipinski definition) is 1. The van der Waals surface area contributed by atoms with Crippen molar-refractivity contribution in [2.24, 2.45) is 5.92 Å². The average molecular weight is 242 g/mol. The van der Waals surface area contributed by atoms with Gasteiger partial charge >= 0.3 is 5.97 Å². The van der Waals surface area contributed by atoms with Crippen LogP contribution in [0.5, 0.6) is 0 Å². The quantitative estimate of drug-likeness (QED) is 0.754. The lowest BCUT2D eigenvalue weighted by Gasteiger charge is -2.34. The zero-order valence-corrected chi connectivity index (χ0v) is 11.5. The first-order valence-electron chi connectivity index (χ1n) is 6.58. The van der Waals surface area contributed by atoms with E-state index in [2.05, 4.69) is 24.2 Å². The van der Waals surface area contributed by atoms with Gasteiger partial charge in [-0.15, -0.1) is 0 Å². The molecule has 1 aliphatic rings. The highest BCUT2D eigenvalue weighted by Crippen LogP contribution is 2.19. The van der Waals surface area contributed by atoms with E-state index in [1.807, 2.05) is 6.92 Å². The Balaban J connectivity index is 2.54. The van der Waals surface area contributed by atoms with Crippen LogP contribution in [-0.4, -0.2) is 50.2 Å². The Morgan fingerprint density at radius 1 is 1.35 bits per heavy atom. The third-order valence-electron chi connectivity index (χ3n) is 4.06. The number of carbonyl (C=O) groups is 1.